The normalized spacial score (nSPS) is 9.19. The van der Waals surface area contributed by atoms with E-state index in [1.54, 1.807) is 31.4 Å². The summed E-state index contributed by atoms with van der Waals surface area (Å²) in [6.45, 7) is 0. The molecule has 0 heterocycles. The number of carbonyl (C=O) groups is 2. The van der Waals surface area contributed by atoms with E-state index >= 15 is 0 Å². The fourth-order valence-electron chi connectivity index (χ4n) is 0.978. The number of methoxy groups -OCH3 is 1. The fraction of sp³-hybridized carbons (Fsp3) is 0.167. The molecule has 0 radical (unpaired) electrons. The lowest BCUT2D eigenvalue weighted by atomic mass is 10.1. The number of rotatable bonds is 4. The van der Waals surface area contributed by atoms with Gasteiger partial charge in [-0.25, -0.2) is 0 Å². The van der Waals surface area contributed by atoms with E-state index in [0.717, 1.165) is 0 Å². The molecule has 0 bridgehead atoms. The molecular weight excluding hydrogens is 206 g/mol. The molecule has 0 aromatic heterocycles. The second-order valence-corrected chi connectivity index (χ2v) is 2.59. The highest BCUT2D eigenvalue weighted by atomic mass is 16.5. The largest absolute Gasteiger partial charge is 0.497 e. The lowest BCUT2D eigenvalue weighted by Crippen LogP contribution is -1.94. The molecule has 0 aliphatic carbocycles. The zero-order valence-electron chi connectivity index (χ0n) is 9.34. The molecule has 0 saturated heterocycles. The van der Waals surface area contributed by atoms with Crippen molar-refractivity contribution >= 4 is 12.1 Å². The average Bonchev–Trinajstić information content (AvgIpc) is 2.38. The van der Waals surface area contributed by atoms with Gasteiger partial charge in [-0.05, 0) is 43.5 Å². The van der Waals surface area contributed by atoms with Gasteiger partial charge in [0.2, 0.25) is 0 Å². The molecule has 1 aromatic rings. The van der Waals surface area contributed by atoms with Crippen LogP contribution in [0.15, 0.2) is 36.4 Å². The summed E-state index contributed by atoms with van der Waals surface area (Å²) < 4.78 is 4.94. The van der Waals surface area contributed by atoms with Crippen LogP contribution < -0.4 is 10.5 Å². The van der Waals surface area contributed by atoms with Crippen molar-refractivity contribution in [2.75, 3.05) is 14.2 Å². The molecule has 1 aromatic carbocycles. The third kappa shape index (κ3) is 4.52. The van der Waals surface area contributed by atoms with Gasteiger partial charge in [0.1, 0.15) is 12.0 Å². The second-order valence-electron chi connectivity index (χ2n) is 2.59. The van der Waals surface area contributed by atoms with E-state index in [1.807, 2.05) is 0 Å². The Morgan fingerprint density at radius 1 is 1.25 bits per heavy atom. The Bertz CT molecular complexity index is 355. The molecule has 16 heavy (non-hydrogen) atoms. The summed E-state index contributed by atoms with van der Waals surface area (Å²) in [5.41, 5.74) is 5.03. The predicted octanol–water partition coefficient (Wildman–Crippen LogP) is 1.21. The SMILES string of the molecule is CN.COc1ccc(C(=O)/C=C/C=O)cc1. The lowest BCUT2D eigenvalue weighted by Gasteiger charge is -1.99. The van der Waals surface area contributed by atoms with Gasteiger partial charge in [0.15, 0.2) is 5.78 Å². The summed E-state index contributed by atoms with van der Waals surface area (Å²) in [6.07, 6.45) is 2.97. The fourth-order valence-corrected chi connectivity index (χ4v) is 0.978. The van der Waals surface area contributed by atoms with Crippen LogP contribution in [0, 0.1) is 0 Å². The highest BCUT2D eigenvalue weighted by Gasteiger charge is 2.00. The predicted molar refractivity (Wildman–Crippen MR) is 62.6 cm³/mol. The van der Waals surface area contributed by atoms with E-state index in [9.17, 15) is 9.59 Å². The van der Waals surface area contributed by atoms with Crippen molar-refractivity contribution in [3.63, 3.8) is 0 Å². The molecule has 4 heteroatoms. The smallest absolute Gasteiger partial charge is 0.185 e. The van der Waals surface area contributed by atoms with Crippen LogP contribution in [0.25, 0.3) is 0 Å². The number of aldehydes is 1. The number of nitrogens with two attached hydrogens (primary N) is 1. The quantitative estimate of drug-likeness (QED) is 0.471. The highest BCUT2D eigenvalue weighted by molar-refractivity contribution is 6.05. The molecule has 0 aliphatic heterocycles. The molecule has 1 rings (SSSR count). The summed E-state index contributed by atoms with van der Waals surface area (Å²) in [4.78, 5) is 21.3. The van der Waals surface area contributed by atoms with Crippen molar-refractivity contribution in [2.45, 2.75) is 0 Å². The highest BCUT2D eigenvalue weighted by Crippen LogP contribution is 2.11. The van der Waals surface area contributed by atoms with E-state index in [1.165, 1.54) is 19.2 Å². The standard InChI is InChI=1S/C11H10O3.CH5N/c1-14-10-6-4-9(5-7-10)11(13)3-2-8-12;1-2/h2-8H,1H3;2H2,1H3/b3-2+;. The molecule has 0 saturated carbocycles. The Balaban J connectivity index is 0.00000106. The molecular formula is C12H15NO3. The maximum atomic E-state index is 11.3. The van der Waals surface area contributed by atoms with Gasteiger partial charge < -0.3 is 10.5 Å². The summed E-state index contributed by atoms with van der Waals surface area (Å²) >= 11 is 0. The first-order valence-electron chi connectivity index (χ1n) is 4.66. The van der Waals surface area contributed by atoms with Crippen molar-refractivity contribution in [3.05, 3.63) is 42.0 Å². The van der Waals surface area contributed by atoms with Crippen LogP contribution in [-0.2, 0) is 4.79 Å². The second kappa shape index (κ2) is 8.38. The van der Waals surface area contributed by atoms with E-state index in [-0.39, 0.29) is 5.78 Å². The molecule has 0 aliphatic rings. The Morgan fingerprint density at radius 3 is 2.25 bits per heavy atom. The Kier molecular flexibility index (Phi) is 7.36. The van der Waals surface area contributed by atoms with Crippen molar-refractivity contribution in [3.8, 4) is 5.75 Å². The number of allylic oxidation sites excluding steroid dienone is 2. The molecule has 0 fully saturated rings. The van der Waals surface area contributed by atoms with Crippen LogP contribution in [0.1, 0.15) is 10.4 Å². The number of hydrogen-bond acceptors (Lipinski definition) is 4. The molecule has 0 spiro atoms. The summed E-state index contributed by atoms with van der Waals surface area (Å²) in [7, 11) is 3.06. The first kappa shape index (κ1) is 14.1. The maximum absolute atomic E-state index is 11.3. The summed E-state index contributed by atoms with van der Waals surface area (Å²) in [5, 5.41) is 0. The third-order valence-corrected chi connectivity index (χ3v) is 1.70. The van der Waals surface area contributed by atoms with Crippen LogP contribution in [0.4, 0.5) is 0 Å². The minimum atomic E-state index is -0.195. The van der Waals surface area contributed by atoms with Crippen LogP contribution >= 0.6 is 0 Å². The van der Waals surface area contributed by atoms with Crippen LogP contribution in [0.5, 0.6) is 5.75 Å². The first-order valence-corrected chi connectivity index (χ1v) is 4.66. The van der Waals surface area contributed by atoms with Crippen molar-refractivity contribution < 1.29 is 14.3 Å². The van der Waals surface area contributed by atoms with Crippen LogP contribution in [0.2, 0.25) is 0 Å². The van der Waals surface area contributed by atoms with E-state index in [0.29, 0.717) is 17.6 Å². The number of ketones is 1. The van der Waals surface area contributed by atoms with Gasteiger partial charge in [0.25, 0.3) is 0 Å². The van der Waals surface area contributed by atoms with Gasteiger partial charge in [0.05, 0.1) is 7.11 Å². The molecule has 0 atom stereocenters. The lowest BCUT2D eigenvalue weighted by molar-refractivity contribution is -0.104. The van der Waals surface area contributed by atoms with Gasteiger partial charge in [-0.15, -0.1) is 0 Å². The molecule has 0 amide bonds. The monoisotopic (exact) mass is 221 g/mol. The van der Waals surface area contributed by atoms with Crippen molar-refractivity contribution in [2.24, 2.45) is 5.73 Å². The van der Waals surface area contributed by atoms with Gasteiger partial charge in [-0.3, -0.25) is 9.59 Å². The van der Waals surface area contributed by atoms with E-state index in [2.05, 4.69) is 5.73 Å². The summed E-state index contributed by atoms with van der Waals surface area (Å²) in [6, 6.07) is 6.69. The number of carbonyl (C=O) groups excluding carboxylic acids is 2. The average molecular weight is 221 g/mol. The van der Waals surface area contributed by atoms with Crippen LogP contribution in [0.3, 0.4) is 0 Å². The van der Waals surface area contributed by atoms with Crippen LogP contribution in [-0.4, -0.2) is 26.2 Å². The maximum Gasteiger partial charge on any atom is 0.185 e. The van der Waals surface area contributed by atoms with Gasteiger partial charge >= 0.3 is 0 Å². The number of ether oxygens (including phenoxy) is 1. The Morgan fingerprint density at radius 2 is 1.81 bits per heavy atom. The molecule has 2 N–H and O–H groups in total. The van der Waals surface area contributed by atoms with Gasteiger partial charge in [0, 0.05) is 5.56 Å². The summed E-state index contributed by atoms with van der Waals surface area (Å²) in [5.74, 6) is 0.501. The van der Waals surface area contributed by atoms with Crippen molar-refractivity contribution in [1.29, 1.82) is 0 Å². The topological polar surface area (TPSA) is 69.4 Å². The zero-order valence-corrected chi connectivity index (χ0v) is 9.34. The molecule has 86 valence electrons. The van der Waals surface area contributed by atoms with E-state index in [4.69, 9.17) is 4.74 Å². The van der Waals surface area contributed by atoms with Crippen molar-refractivity contribution in [1.82, 2.24) is 0 Å². The molecule has 0 unspecified atom stereocenters. The number of hydrogen-bond donors (Lipinski definition) is 1. The Labute approximate surface area is 94.7 Å². The Hall–Kier alpha value is -1.94. The minimum Gasteiger partial charge on any atom is -0.497 e. The minimum absolute atomic E-state index is 0.195. The van der Waals surface area contributed by atoms with Gasteiger partial charge in [-0.1, -0.05) is 0 Å². The van der Waals surface area contributed by atoms with E-state index < -0.39 is 0 Å². The van der Waals surface area contributed by atoms with Gasteiger partial charge in [-0.2, -0.15) is 0 Å². The molecule has 4 nitrogen and oxygen atoms in total. The number of benzene rings is 1. The zero-order chi connectivity index (χ0) is 12.4. The first-order chi connectivity index (χ1) is 7.77. The third-order valence-electron chi connectivity index (χ3n) is 1.70.